The van der Waals surface area contributed by atoms with Crippen molar-refractivity contribution in [3.63, 3.8) is 0 Å². The number of rotatable bonds is 4. The van der Waals surface area contributed by atoms with Crippen molar-refractivity contribution < 1.29 is 18.7 Å². The second-order valence-electron chi connectivity index (χ2n) is 6.27. The number of fused-ring (bicyclic) bond motifs is 1. The lowest BCUT2D eigenvalue weighted by atomic mass is 9.86. The van der Waals surface area contributed by atoms with E-state index >= 15 is 0 Å². The molecule has 6 heteroatoms. The lowest BCUT2D eigenvalue weighted by Gasteiger charge is -2.29. The Kier molecular flexibility index (Phi) is 5.14. The number of nitrogens with one attached hydrogen (secondary N) is 1. The Morgan fingerprint density at radius 1 is 1.33 bits per heavy atom. The van der Waals surface area contributed by atoms with E-state index in [9.17, 15) is 14.0 Å². The van der Waals surface area contributed by atoms with Crippen LogP contribution in [-0.2, 0) is 9.53 Å². The monoisotopic (exact) mass is 349 g/mol. The van der Waals surface area contributed by atoms with E-state index in [4.69, 9.17) is 4.74 Å². The van der Waals surface area contributed by atoms with Crippen LogP contribution in [0.2, 0.25) is 0 Å². The summed E-state index contributed by atoms with van der Waals surface area (Å²) in [7, 11) is 0. The quantitative estimate of drug-likeness (QED) is 0.852. The summed E-state index contributed by atoms with van der Waals surface area (Å²) in [5, 5.41) is 3.34. The van der Waals surface area contributed by atoms with Crippen LogP contribution in [0, 0.1) is 11.7 Å². The Bertz CT molecular complexity index is 758. The van der Waals surface area contributed by atoms with Gasteiger partial charge in [0.15, 0.2) is 6.61 Å². The highest BCUT2D eigenvalue weighted by atomic mass is 32.1. The molecule has 1 fully saturated rings. The molecule has 128 valence electrons. The van der Waals surface area contributed by atoms with Crippen molar-refractivity contribution in [1.82, 2.24) is 5.32 Å². The van der Waals surface area contributed by atoms with E-state index in [1.807, 2.05) is 0 Å². The van der Waals surface area contributed by atoms with Crippen LogP contribution in [0.3, 0.4) is 0 Å². The van der Waals surface area contributed by atoms with Gasteiger partial charge in [-0.1, -0.05) is 25.8 Å². The average molecular weight is 349 g/mol. The highest BCUT2D eigenvalue weighted by Gasteiger charge is 2.23. The van der Waals surface area contributed by atoms with Crippen molar-refractivity contribution in [2.24, 2.45) is 5.92 Å². The zero-order valence-corrected chi connectivity index (χ0v) is 14.3. The lowest BCUT2D eigenvalue weighted by molar-refractivity contribution is -0.125. The van der Waals surface area contributed by atoms with Crippen LogP contribution < -0.4 is 5.32 Å². The first-order valence-corrected chi connectivity index (χ1v) is 9.01. The molecule has 0 saturated heterocycles. The summed E-state index contributed by atoms with van der Waals surface area (Å²) in [6.07, 6.45) is 4.39. The minimum absolute atomic E-state index is 0.156. The van der Waals surface area contributed by atoms with Gasteiger partial charge in [0.05, 0.1) is 0 Å². The number of amides is 1. The van der Waals surface area contributed by atoms with Gasteiger partial charge in [0.2, 0.25) is 0 Å². The first-order valence-electron chi connectivity index (χ1n) is 8.19. The van der Waals surface area contributed by atoms with Gasteiger partial charge in [-0.2, -0.15) is 0 Å². The number of carbonyl (C=O) groups excluding carboxylic acids is 2. The molecule has 1 heterocycles. The van der Waals surface area contributed by atoms with Crippen LogP contribution in [0.25, 0.3) is 10.1 Å². The summed E-state index contributed by atoms with van der Waals surface area (Å²) < 4.78 is 19.4. The SMILES string of the molecule is C[C@@H]1CCCC[C@@H]1NC(=O)COC(=O)c1cc2c(F)cccc2s1. The van der Waals surface area contributed by atoms with E-state index in [2.05, 4.69) is 12.2 Å². The highest BCUT2D eigenvalue weighted by Crippen LogP contribution is 2.28. The highest BCUT2D eigenvalue weighted by molar-refractivity contribution is 7.20. The molecule has 1 aliphatic carbocycles. The number of hydrogen-bond acceptors (Lipinski definition) is 4. The number of ether oxygens (including phenoxy) is 1. The Labute approximate surface area is 144 Å². The summed E-state index contributed by atoms with van der Waals surface area (Å²) in [5.74, 6) is -0.798. The van der Waals surface area contributed by atoms with Crippen molar-refractivity contribution in [1.29, 1.82) is 0 Å². The fraction of sp³-hybridized carbons (Fsp3) is 0.444. The first kappa shape index (κ1) is 16.9. The maximum absolute atomic E-state index is 13.7. The lowest BCUT2D eigenvalue weighted by Crippen LogP contribution is -2.42. The second kappa shape index (κ2) is 7.30. The zero-order valence-electron chi connectivity index (χ0n) is 13.5. The van der Waals surface area contributed by atoms with Gasteiger partial charge in [0.25, 0.3) is 5.91 Å². The minimum atomic E-state index is -0.595. The van der Waals surface area contributed by atoms with Crippen molar-refractivity contribution in [2.45, 2.75) is 38.6 Å². The number of benzene rings is 1. The zero-order chi connectivity index (χ0) is 17.1. The smallest absolute Gasteiger partial charge is 0.348 e. The maximum Gasteiger partial charge on any atom is 0.348 e. The molecule has 24 heavy (non-hydrogen) atoms. The van der Waals surface area contributed by atoms with Crippen LogP contribution in [0.1, 0.15) is 42.3 Å². The molecule has 2 atom stereocenters. The Morgan fingerprint density at radius 2 is 2.12 bits per heavy atom. The molecule has 0 aliphatic heterocycles. The minimum Gasteiger partial charge on any atom is -0.451 e. The van der Waals surface area contributed by atoms with Crippen LogP contribution in [0.4, 0.5) is 4.39 Å². The van der Waals surface area contributed by atoms with Gasteiger partial charge in [0.1, 0.15) is 10.7 Å². The van der Waals surface area contributed by atoms with E-state index in [1.165, 1.54) is 18.6 Å². The van der Waals surface area contributed by atoms with Crippen molar-refractivity contribution in [2.75, 3.05) is 6.61 Å². The van der Waals surface area contributed by atoms with Crippen LogP contribution in [0.5, 0.6) is 0 Å². The van der Waals surface area contributed by atoms with E-state index < -0.39 is 5.97 Å². The summed E-state index contributed by atoms with van der Waals surface area (Å²) >= 11 is 1.16. The standard InChI is InChI=1S/C18H20FNO3S/c1-11-5-2-3-7-14(11)20-17(21)10-23-18(22)16-9-12-13(19)6-4-8-15(12)24-16/h4,6,8-9,11,14H,2-3,5,7,10H2,1H3,(H,20,21)/t11-,14+/m1/s1. The van der Waals surface area contributed by atoms with Gasteiger partial charge in [-0.3, -0.25) is 4.79 Å². The molecule has 1 aromatic carbocycles. The molecular weight excluding hydrogens is 329 g/mol. The van der Waals surface area contributed by atoms with Gasteiger partial charge in [-0.05, 0) is 37.0 Å². The number of hydrogen-bond donors (Lipinski definition) is 1. The van der Waals surface area contributed by atoms with Gasteiger partial charge < -0.3 is 10.1 Å². The molecule has 1 amide bonds. The molecule has 1 aromatic heterocycles. The Hall–Kier alpha value is -1.95. The first-order chi connectivity index (χ1) is 11.5. The number of halogens is 1. The normalized spacial score (nSPS) is 20.8. The molecule has 0 unspecified atom stereocenters. The molecule has 4 nitrogen and oxygen atoms in total. The summed E-state index contributed by atoms with van der Waals surface area (Å²) in [6, 6.07) is 6.32. The van der Waals surface area contributed by atoms with Crippen molar-refractivity contribution in [3.05, 3.63) is 35.0 Å². The Balaban J connectivity index is 1.56. The molecule has 0 radical (unpaired) electrons. The van der Waals surface area contributed by atoms with E-state index in [0.717, 1.165) is 30.6 Å². The molecular formula is C18H20FNO3S. The summed E-state index contributed by atoms with van der Waals surface area (Å²) in [6.45, 7) is 1.82. The summed E-state index contributed by atoms with van der Waals surface area (Å²) in [5.41, 5.74) is 0. The molecule has 0 bridgehead atoms. The maximum atomic E-state index is 13.7. The number of carbonyl (C=O) groups is 2. The molecule has 1 aliphatic rings. The van der Waals surface area contributed by atoms with Crippen molar-refractivity contribution >= 4 is 33.3 Å². The predicted octanol–water partition coefficient (Wildman–Crippen LogP) is 3.89. The average Bonchev–Trinajstić information content (AvgIpc) is 3.00. The van der Waals surface area contributed by atoms with Crippen LogP contribution in [0.15, 0.2) is 24.3 Å². The molecule has 1 saturated carbocycles. The molecule has 2 aromatic rings. The molecule has 0 spiro atoms. The summed E-state index contributed by atoms with van der Waals surface area (Å²) in [4.78, 5) is 24.3. The van der Waals surface area contributed by atoms with Gasteiger partial charge in [-0.25, -0.2) is 9.18 Å². The Morgan fingerprint density at radius 3 is 2.88 bits per heavy atom. The third kappa shape index (κ3) is 3.75. The van der Waals surface area contributed by atoms with E-state index in [0.29, 0.717) is 20.9 Å². The fourth-order valence-electron chi connectivity index (χ4n) is 3.11. The predicted molar refractivity (Wildman–Crippen MR) is 91.6 cm³/mol. The largest absolute Gasteiger partial charge is 0.451 e. The molecule has 3 rings (SSSR count). The van der Waals surface area contributed by atoms with E-state index in [-0.39, 0.29) is 24.4 Å². The van der Waals surface area contributed by atoms with Gasteiger partial charge in [-0.15, -0.1) is 11.3 Å². The van der Waals surface area contributed by atoms with Crippen molar-refractivity contribution in [3.8, 4) is 0 Å². The van der Waals surface area contributed by atoms with Crippen LogP contribution >= 0.6 is 11.3 Å². The number of esters is 1. The third-order valence-electron chi connectivity index (χ3n) is 4.50. The van der Waals surface area contributed by atoms with Crippen LogP contribution in [-0.4, -0.2) is 24.5 Å². The topological polar surface area (TPSA) is 55.4 Å². The van der Waals surface area contributed by atoms with Gasteiger partial charge >= 0.3 is 5.97 Å². The second-order valence-corrected chi connectivity index (χ2v) is 7.36. The van der Waals surface area contributed by atoms with E-state index in [1.54, 1.807) is 12.1 Å². The fourth-order valence-corrected chi connectivity index (χ4v) is 4.08. The third-order valence-corrected chi connectivity index (χ3v) is 5.58. The van der Waals surface area contributed by atoms with Gasteiger partial charge in [0, 0.05) is 16.1 Å². The number of thiophene rings is 1. The molecule has 1 N–H and O–H groups in total.